The van der Waals surface area contributed by atoms with Gasteiger partial charge in [0.1, 0.15) is 5.75 Å². The summed E-state index contributed by atoms with van der Waals surface area (Å²) in [4.78, 5) is 0. The summed E-state index contributed by atoms with van der Waals surface area (Å²) < 4.78 is 5.56. The van der Waals surface area contributed by atoms with Crippen LogP contribution in [0.3, 0.4) is 0 Å². The van der Waals surface area contributed by atoms with Crippen LogP contribution in [0.1, 0.15) is 12.8 Å². The predicted molar refractivity (Wildman–Crippen MR) is 68.9 cm³/mol. The van der Waals surface area contributed by atoms with Crippen molar-refractivity contribution in [2.45, 2.75) is 12.8 Å². The van der Waals surface area contributed by atoms with Gasteiger partial charge < -0.3 is 15.8 Å². The van der Waals surface area contributed by atoms with E-state index in [2.05, 4.69) is 11.9 Å². The molecule has 88 valence electrons. The second kappa shape index (κ2) is 7.77. The molecule has 0 aromatic heterocycles. The third kappa shape index (κ3) is 4.84. The molecule has 3 N–H and O–H groups in total. The molecule has 1 aromatic rings. The lowest BCUT2D eigenvalue weighted by Crippen LogP contribution is -2.08. The number of anilines is 1. The van der Waals surface area contributed by atoms with E-state index in [1.165, 1.54) is 0 Å². The average Bonchev–Trinajstić information content (AvgIpc) is 2.30. The molecule has 0 aliphatic heterocycles. The van der Waals surface area contributed by atoms with Crippen LogP contribution in [0.15, 0.2) is 36.9 Å². The third-order valence-electron chi connectivity index (χ3n) is 2.13. The maximum Gasteiger partial charge on any atom is 0.121 e. The van der Waals surface area contributed by atoms with Crippen molar-refractivity contribution in [1.82, 2.24) is 0 Å². The van der Waals surface area contributed by atoms with E-state index in [1.54, 1.807) is 0 Å². The fourth-order valence-electron chi connectivity index (χ4n) is 1.29. The van der Waals surface area contributed by atoms with Crippen LogP contribution < -0.4 is 15.8 Å². The van der Waals surface area contributed by atoms with Crippen molar-refractivity contribution in [3.05, 3.63) is 36.9 Å². The summed E-state index contributed by atoms with van der Waals surface area (Å²) in [6.07, 6.45) is 3.69. The largest absolute Gasteiger partial charge is 0.493 e. The van der Waals surface area contributed by atoms with Crippen molar-refractivity contribution in [3.8, 4) is 5.75 Å². The van der Waals surface area contributed by atoms with Gasteiger partial charge in [-0.05, 0) is 31.5 Å². The maximum absolute atomic E-state index is 5.56. The van der Waals surface area contributed by atoms with Crippen molar-refractivity contribution in [2.24, 2.45) is 5.73 Å². The molecule has 3 heteroatoms. The molecule has 1 aromatic carbocycles. The van der Waals surface area contributed by atoms with Crippen LogP contribution >= 0.6 is 0 Å². The van der Waals surface area contributed by atoms with Crippen LogP contribution in [-0.2, 0) is 0 Å². The van der Waals surface area contributed by atoms with E-state index in [4.69, 9.17) is 10.5 Å². The number of hydrogen-bond acceptors (Lipinski definition) is 3. The summed E-state index contributed by atoms with van der Waals surface area (Å²) in [5.74, 6) is 0.889. The van der Waals surface area contributed by atoms with Gasteiger partial charge in [-0.1, -0.05) is 12.1 Å². The van der Waals surface area contributed by atoms with E-state index in [0.29, 0.717) is 13.2 Å². The molecule has 0 saturated carbocycles. The molecule has 16 heavy (non-hydrogen) atoms. The topological polar surface area (TPSA) is 47.3 Å². The number of benzene rings is 1. The lowest BCUT2D eigenvalue weighted by atomic mass is 10.3. The highest BCUT2D eigenvalue weighted by Gasteiger charge is 1.95. The molecule has 0 fully saturated rings. The van der Waals surface area contributed by atoms with Crippen molar-refractivity contribution < 1.29 is 4.74 Å². The van der Waals surface area contributed by atoms with Gasteiger partial charge in [0.25, 0.3) is 0 Å². The molecule has 0 saturated heterocycles. The summed E-state index contributed by atoms with van der Waals surface area (Å²) in [6, 6.07) is 7.96. The van der Waals surface area contributed by atoms with E-state index in [1.807, 2.05) is 30.3 Å². The standard InChI is InChI=1S/C13H20N2O/c1-2-3-10-16-13-7-4-6-12(11-13)15-9-5-8-14/h2,4,6-7,11,15H,1,3,5,8-10,14H2. The Morgan fingerprint density at radius 3 is 3.06 bits per heavy atom. The first-order valence-electron chi connectivity index (χ1n) is 5.64. The highest BCUT2D eigenvalue weighted by Crippen LogP contribution is 2.17. The molecule has 0 radical (unpaired) electrons. The van der Waals surface area contributed by atoms with Gasteiger partial charge >= 0.3 is 0 Å². The van der Waals surface area contributed by atoms with Crippen molar-refractivity contribution in [2.75, 3.05) is 25.0 Å². The molecule has 0 bridgehead atoms. The van der Waals surface area contributed by atoms with Gasteiger partial charge in [-0.25, -0.2) is 0 Å². The monoisotopic (exact) mass is 220 g/mol. The quantitative estimate of drug-likeness (QED) is 0.522. The van der Waals surface area contributed by atoms with Gasteiger partial charge in [0.05, 0.1) is 6.61 Å². The molecular formula is C13H20N2O. The fraction of sp³-hybridized carbons (Fsp3) is 0.385. The Kier molecular flexibility index (Phi) is 6.11. The summed E-state index contributed by atoms with van der Waals surface area (Å²) in [6.45, 7) is 5.94. The summed E-state index contributed by atoms with van der Waals surface area (Å²) in [7, 11) is 0. The van der Waals surface area contributed by atoms with Crippen LogP contribution in [0.2, 0.25) is 0 Å². The first kappa shape index (κ1) is 12.6. The lowest BCUT2D eigenvalue weighted by molar-refractivity contribution is 0.325. The Hall–Kier alpha value is -1.48. The molecule has 1 rings (SSSR count). The molecule has 0 spiro atoms. The molecule has 0 heterocycles. The predicted octanol–water partition coefficient (Wildman–Crippen LogP) is 2.40. The minimum atomic E-state index is 0.676. The second-order valence-corrected chi connectivity index (χ2v) is 3.52. The first-order valence-corrected chi connectivity index (χ1v) is 5.64. The minimum Gasteiger partial charge on any atom is -0.493 e. The van der Waals surface area contributed by atoms with Crippen molar-refractivity contribution in [1.29, 1.82) is 0 Å². The average molecular weight is 220 g/mol. The summed E-state index contributed by atoms with van der Waals surface area (Å²) >= 11 is 0. The lowest BCUT2D eigenvalue weighted by Gasteiger charge is -2.08. The Labute approximate surface area is 97.3 Å². The van der Waals surface area contributed by atoms with E-state index < -0.39 is 0 Å². The van der Waals surface area contributed by atoms with E-state index in [-0.39, 0.29) is 0 Å². The Balaban J connectivity index is 2.40. The highest BCUT2D eigenvalue weighted by molar-refractivity contribution is 5.48. The van der Waals surface area contributed by atoms with Gasteiger partial charge in [0, 0.05) is 18.3 Å². The van der Waals surface area contributed by atoms with Crippen molar-refractivity contribution in [3.63, 3.8) is 0 Å². The maximum atomic E-state index is 5.56. The summed E-state index contributed by atoms with van der Waals surface area (Å²) in [5, 5.41) is 3.30. The van der Waals surface area contributed by atoms with Crippen LogP contribution in [0, 0.1) is 0 Å². The van der Waals surface area contributed by atoms with Gasteiger partial charge in [0.15, 0.2) is 0 Å². The SMILES string of the molecule is C=CCCOc1cccc(NCCCN)c1. The van der Waals surface area contributed by atoms with E-state index >= 15 is 0 Å². The number of rotatable bonds is 8. The van der Waals surface area contributed by atoms with E-state index in [0.717, 1.165) is 30.8 Å². The highest BCUT2D eigenvalue weighted by atomic mass is 16.5. The normalized spacial score (nSPS) is 9.81. The van der Waals surface area contributed by atoms with Crippen LogP contribution in [-0.4, -0.2) is 19.7 Å². The van der Waals surface area contributed by atoms with Crippen LogP contribution in [0.4, 0.5) is 5.69 Å². The molecule has 0 amide bonds. The molecule has 0 aliphatic carbocycles. The third-order valence-corrected chi connectivity index (χ3v) is 2.13. The zero-order valence-corrected chi connectivity index (χ0v) is 9.61. The van der Waals surface area contributed by atoms with Gasteiger partial charge in [0.2, 0.25) is 0 Å². The zero-order valence-electron chi connectivity index (χ0n) is 9.61. The van der Waals surface area contributed by atoms with Gasteiger partial charge in [-0.15, -0.1) is 6.58 Å². The molecule has 3 nitrogen and oxygen atoms in total. The van der Waals surface area contributed by atoms with Crippen LogP contribution in [0.5, 0.6) is 5.75 Å². The Morgan fingerprint density at radius 2 is 2.31 bits per heavy atom. The van der Waals surface area contributed by atoms with Gasteiger partial charge in [-0.3, -0.25) is 0 Å². The Morgan fingerprint density at radius 1 is 1.44 bits per heavy atom. The summed E-state index contributed by atoms with van der Waals surface area (Å²) in [5.41, 5.74) is 6.50. The molecule has 0 atom stereocenters. The second-order valence-electron chi connectivity index (χ2n) is 3.52. The van der Waals surface area contributed by atoms with Crippen molar-refractivity contribution >= 4 is 5.69 Å². The number of hydrogen-bond donors (Lipinski definition) is 2. The molecular weight excluding hydrogens is 200 g/mol. The van der Waals surface area contributed by atoms with Crippen LogP contribution in [0.25, 0.3) is 0 Å². The number of ether oxygens (including phenoxy) is 1. The smallest absolute Gasteiger partial charge is 0.121 e. The Bertz CT molecular complexity index is 313. The van der Waals surface area contributed by atoms with Gasteiger partial charge in [-0.2, -0.15) is 0 Å². The zero-order chi connectivity index (χ0) is 11.6. The fourth-order valence-corrected chi connectivity index (χ4v) is 1.29. The molecule has 0 unspecified atom stereocenters. The van der Waals surface area contributed by atoms with E-state index in [9.17, 15) is 0 Å². The molecule has 0 aliphatic rings. The minimum absolute atomic E-state index is 0.676. The first-order chi connectivity index (χ1) is 7.86. The number of nitrogens with one attached hydrogen (secondary N) is 1. The number of nitrogens with two attached hydrogens (primary N) is 1.